The monoisotopic (exact) mass is 304 g/mol. The van der Waals surface area contributed by atoms with Gasteiger partial charge in [-0.3, -0.25) is 4.79 Å². The number of hydrogen-bond acceptors (Lipinski definition) is 4. The Morgan fingerprint density at radius 1 is 1.63 bits per heavy atom. The minimum atomic E-state index is 0. The second kappa shape index (κ2) is 8.53. The van der Waals surface area contributed by atoms with Crippen LogP contribution < -0.4 is 5.32 Å². The van der Waals surface area contributed by atoms with E-state index in [9.17, 15) is 4.79 Å². The average molecular weight is 305 g/mol. The number of thiophene rings is 1. The van der Waals surface area contributed by atoms with Gasteiger partial charge in [0.05, 0.1) is 13.2 Å². The van der Waals surface area contributed by atoms with E-state index in [4.69, 9.17) is 4.74 Å². The Morgan fingerprint density at radius 2 is 2.47 bits per heavy atom. The SMILES string of the molecule is CN(CCc1cccs1)C(=O)CC1COCCN1.Cl. The number of nitrogens with zero attached hydrogens (tertiary/aromatic N) is 1. The average Bonchev–Trinajstić information content (AvgIpc) is 2.90. The van der Waals surface area contributed by atoms with E-state index in [-0.39, 0.29) is 24.4 Å². The summed E-state index contributed by atoms with van der Waals surface area (Å²) in [6.45, 7) is 3.02. The molecule has 0 aliphatic carbocycles. The van der Waals surface area contributed by atoms with Crippen LogP contribution >= 0.6 is 23.7 Å². The molecule has 4 nitrogen and oxygen atoms in total. The van der Waals surface area contributed by atoms with Crippen molar-refractivity contribution in [2.24, 2.45) is 0 Å². The zero-order chi connectivity index (χ0) is 12.8. The molecule has 1 unspecified atom stereocenters. The van der Waals surface area contributed by atoms with E-state index in [2.05, 4.69) is 16.8 Å². The highest BCUT2D eigenvalue weighted by molar-refractivity contribution is 7.09. The number of morpholine rings is 1. The summed E-state index contributed by atoms with van der Waals surface area (Å²) < 4.78 is 5.35. The van der Waals surface area contributed by atoms with Crippen molar-refractivity contribution in [2.45, 2.75) is 18.9 Å². The smallest absolute Gasteiger partial charge is 0.223 e. The van der Waals surface area contributed by atoms with E-state index in [0.29, 0.717) is 13.0 Å². The van der Waals surface area contributed by atoms with Gasteiger partial charge in [-0.1, -0.05) is 6.07 Å². The van der Waals surface area contributed by atoms with Gasteiger partial charge in [-0.2, -0.15) is 0 Å². The van der Waals surface area contributed by atoms with E-state index in [1.54, 1.807) is 11.3 Å². The highest BCUT2D eigenvalue weighted by Crippen LogP contribution is 2.10. The van der Waals surface area contributed by atoms with Crippen molar-refractivity contribution < 1.29 is 9.53 Å². The molecule has 0 bridgehead atoms. The zero-order valence-corrected chi connectivity index (χ0v) is 12.8. The first-order chi connectivity index (χ1) is 8.75. The molecule has 1 saturated heterocycles. The molecule has 1 aromatic heterocycles. The topological polar surface area (TPSA) is 41.6 Å². The van der Waals surface area contributed by atoms with Crippen LogP contribution in [0.15, 0.2) is 17.5 Å². The van der Waals surface area contributed by atoms with Crippen molar-refractivity contribution in [2.75, 3.05) is 33.4 Å². The van der Waals surface area contributed by atoms with Gasteiger partial charge in [0.1, 0.15) is 0 Å². The summed E-state index contributed by atoms with van der Waals surface area (Å²) in [6, 6.07) is 4.33. The fraction of sp³-hybridized carbons (Fsp3) is 0.615. The summed E-state index contributed by atoms with van der Waals surface area (Å²) in [6.07, 6.45) is 1.47. The number of amides is 1. The van der Waals surface area contributed by atoms with Crippen LogP contribution in [0.1, 0.15) is 11.3 Å². The maximum atomic E-state index is 12.0. The van der Waals surface area contributed by atoms with Crippen molar-refractivity contribution in [1.82, 2.24) is 10.2 Å². The maximum absolute atomic E-state index is 12.0. The van der Waals surface area contributed by atoms with E-state index in [1.807, 2.05) is 18.0 Å². The van der Waals surface area contributed by atoms with Crippen LogP contribution in [0.2, 0.25) is 0 Å². The normalized spacial score (nSPS) is 18.7. The predicted molar refractivity (Wildman–Crippen MR) is 80.1 cm³/mol. The molecule has 1 aliphatic heterocycles. The summed E-state index contributed by atoms with van der Waals surface area (Å²) in [5.74, 6) is 0.189. The van der Waals surface area contributed by atoms with Crippen molar-refractivity contribution in [3.63, 3.8) is 0 Å². The summed E-state index contributed by atoms with van der Waals surface area (Å²) in [4.78, 5) is 15.1. The standard InChI is InChI=1S/C13H20N2O2S.ClH/c1-15(6-4-12-3-2-8-18-12)13(16)9-11-10-17-7-5-14-11;/h2-3,8,11,14H,4-7,9-10H2,1H3;1H. The summed E-state index contributed by atoms with van der Waals surface area (Å²) in [5.41, 5.74) is 0. The minimum Gasteiger partial charge on any atom is -0.378 e. The van der Waals surface area contributed by atoms with E-state index in [0.717, 1.165) is 26.1 Å². The second-order valence-electron chi connectivity index (χ2n) is 4.57. The van der Waals surface area contributed by atoms with Crippen LogP contribution in [-0.2, 0) is 16.0 Å². The van der Waals surface area contributed by atoms with Gasteiger partial charge in [0.2, 0.25) is 5.91 Å². The van der Waals surface area contributed by atoms with Crippen molar-refractivity contribution in [1.29, 1.82) is 0 Å². The molecule has 19 heavy (non-hydrogen) atoms. The zero-order valence-electron chi connectivity index (χ0n) is 11.1. The second-order valence-corrected chi connectivity index (χ2v) is 5.61. The van der Waals surface area contributed by atoms with Gasteiger partial charge in [0.15, 0.2) is 0 Å². The Bertz CT molecular complexity index is 367. The van der Waals surface area contributed by atoms with Gasteiger partial charge < -0.3 is 15.0 Å². The highest BCUT2D eigenvalue weighted by atomic mass is 35.5. The molecule has 0 saturated carbocycles. The van der Waals surface area contributed by atoms with Gasteiger partial charge in [-0.05, 0) is 17.9 Å². The first-order valence-corrected chi connectivity index (χ1v) is 7.21. The molecule has 0 radical (unpaired) electrons. The lowest BCUT2D eigenvalue weighted by Gasteiger charge is -2.25. The van der Waals surface area contributed by atoms with E-state index in [1.165, 1.54) is 4.88 Å². The largest absolute Gasteiger partial charge is 0.378 e. The van der Waals surface area contributed by atoms with Crippen LogP contribution in [0.4, 0.5) is 0 Å². The number of hydrogen-bond donors (Lipinski definition) is 1. The van der Waals surface area contributed by atoms with Crippen LogP contribution in [-0.4, -0.2) is 50.2 Å². The van der Waals surface area contributed by atoms with E-state index >= 15 is 0 Å². The lowest BCUT2D eigenvalue weighted by atomic mass is 10.2. The van der Waals surface area contributed by atoms with Crippen LogP contribution in [0, 0.1) is 0 Å². The lowest BCUT2D eigenvalue weighted by molar-refractivity contribution is -0.131. The predicted octanol–water partition coefficient (Wildman–Crippen LogP) is 1.55. The van der Waals surface area contributed by atoms with Gasteiger partial charge in [0, 0.05) is 37.5 Å². The first kappa shape index (κ1) is 16.4. The lowest BCUT2D eigenvalue weighted by Crippen LogP contribution is -2.44. The van der Waals surface area contributed by atoms with Gasteiger partial charge in [-0.15, -0.1) is 23.7 Å². The van der Waals surface area contributed by atoms with Crippen molar-refractivity contribution >= 4 is 29.7 Å². The fourth-order valence-electron chi connectivity index (χ4n) is 1.97. The molecule has 1 fully saturated rings. The molecule has 2 heterocycles. The molecular weight excluding hydrogens is 284 g/mol. The Balaban J connectivity index is 0.00000180. The minimum absolute atomic E-state index is 0. The third-order valence-corrected chi connectivity index (χ3v) is 4.06. The molecule has 1 atom stereocenters. The first-order valence-electron chi connectivity index (χ1n) is 6.33. The molecule has 0 spiro atoms. The Kier molecular flexibility index (Phi) is 7.38. The summed E-state index contributed by atoms with van der Waals surface area (Å²) >= 11 is 1.74. The third-order valence-electron chi connectivity index (χ3n) is 3.12. The van der Waals surface area contributed by atoms with Crippen LogP contribution in [0.5, 0.6) is 0 Å². The Hall–Kier alpha value is -0.620. The maximum Gasteiger partial charge on any atom is 0.223 e. The van der Waals surface area contributed by atoms with E-state index < -0.39 is 0 Å². The van der Waals surface area contributed by atoms with Crippen molar-refractivity contribution in [3.8, 4) is 0 Å². The number of halogens is 1. The molecule has 108 valence electrons. The number of nitrogens with one attached hydrogen (secondary N) is 1. The third kappa shape index (κ3) is 5.48. The van der Waals surface area contributed by atoms with Gasteiger partial charge in [0.25, 0.3) is 0 Å². The van der Waals surface area contributed by atoms with Gasteiger partial charge >= 0.3 is 0 Å². The number of ether oxygens (including phenoxy) is 1. The van der Waals surface area contributed by atoms with Crippen molar-refractivity contribution in [3.05, 3.63) is 22.4 Å². The molecule has 1 N–H and O–H groups in total. The molecule has 1 aromatic rings. The number of carbonyl (C=O) groups is 1. The molecule has 2 rings (SSSR count). The summed E-state index contributed by atoms with van der Waals surface area (Å²) in [5, 5.41) is 5.37. The quantitative estimate of drug-likeness (QED) is 0.897. The molecular formula is C13H21ClN2O2S. The Morgan fingerprint density at radius 3 is 3.11 bits per heavy atom. The number of carbonyl (C=O) groups excluding carboxylic acids is 1. The molecule has 1 aliphatic rings. The van der Waals surface area contributed by atoms with Crippen LogP contribution in [0.3, 0.4) is 0 Å². The highest BCUT2D eigenvalue weighted by Gasteiger charge is 2.19. The summed E-state index contributed by atoms with van der Waals surface area (Å²) in [7, 11) is 1.87. The van der Waals surface area contributed by atoms with Crippen LogP contribution in [0.25, 0.3) is 0 Å². The molecule has 1 amide bonds. The molecule has 0 aromatic carbocycles. The number of rotatable bonds is 5. The fourth-order valence-corrected chi connectivity index (χ4v) is 2.67. The van der Waals surface area contributed by atoms with Gasteiger partial charge in [-0.25, -0.2) is 0 Å². The molecule has 6 heteroatoms. The Labute approximate surface area is 124 Å². The number of likely N-dealkylation sites (N-methyl/N-ethyl adjacent to an activating group) is 1.